The lowest BCUT2D eigenvalue weighted by Crippen LogP contribution is -2.50. The molecule has 3 fully saturated rings. The number of rotatable bonds is 2. The molecule has 7 heteroatoms. The van der Waals surface area contributed by atoms with Crippen molar-refractivity contribution in [2.75, 3.05) is 6.54 Å². The molecule has 0 aromatic carbocycles. The molecular weight excluding hydrogens is 199 g/mol. The first-order valence-electron chi connectivity index (χ1n) is 4.24. The van der Waals surface area contributed by atoms with Crippen LogP contribution in [0.3, 0.4) is 0 Å². The molecule has 2 heterocycles. The molecule has 1 atom stereocenters. The van der Waals surface area contributed by atoms with E-state index in [1.54, 1.807) is 0 Å². The largest absolute Gasteiger partial charge is 0.417 e. The third kappa shape index (κ3) is 1.16. The highest BCUT2D eigenvalue weighted by Crippen LogP contribution is 2.59. The summed E-state index contributed by atoms with van der Waals surface area (Å²) < 4.78 is 42.2. The number of nitrogens with zero attached hydrogens (tertiary/aromatic N) is 3. The molecule has 0 aromatic heterocycles. The molecule has 0 radical (unpaired) electrons. The zero-order valence-corrected chi connectivity index (χ0v) is 7.16. The topological polar surface area (TPSA) is 58.0 Å². The van der Waals surface area contributed by atoms with Gasteiger partial charge in [0.2, 0.25) is 0 Å². The molecule has 2 aliphatic heterocycles. The van der Waals surface area contributed by atoms with Crippen LogP contribution >= 0.6 is 0 Å². The van der Waals surface area contributed by atoms with Gasteiger partial charge in [0.15, 0.2) is 5.60 Å². The Labute approximate surface area is 77.7 Å². The third-order valence-corrected chi connectivity index (χ3v) is 2.93. The first kappa shape index (κ1) is 9.61. The van der Waals surface area contributed by atoms with E-state index in [0.29, 0.717) is 0 Å². The smallest absolute Gasteiger partial charge is 0.362 e. The molecular formula is C7H8F3N3O. The zero-order chi connectivity index (χ0) is 10.4. The van der Waals surface area contributed by atoms with Crippen LogP contribution in [0.2, 0.25) is 0 Å². The van der Waals surface area contributed by atoms with Crippen LogP contribution < -0.4 is 0 Å². The van der Waals surface area contributed by atoms with Gasteiger partial charge in [-0.25, -0.2) is 0 Å². The van der Waals surface area contributed by atoms with Crippen molar-refractivity contribution < 1.29 is 17.9 Å². The van der Waals surface area contributed by atoms with E-state index in [4.69, 9.17) is 10.3 Å². The SMILES string of the molecule is [N-]=[N+]=NCC1OC2(C(F)(F)F)CC1C2. The van der Waals surface area contributed by atoms with Gasteiger partial charge in [-0.15, -0.1) is 0 Å². The maximum atomic E-state index is 12.4. The van der Waals surface area contributed by atoms with Gasteiger partial charge in [-0.1, -0.05) is 5.11 Å². The van der Waals surface area contributed by atoms with Gasteiger partial charge in [-0.05, 0) is 24.3 Å². The number of fused-ring (bicyclic) bond motifs is 1. The minimum absolute atomic E-state index is 0.000995. The average molecular weight is 207 g/mol. The summed E-state index contributed by atoms with van der Waals surface area (Å²) in [6.07, 6.45) is -4.81. The Hall–Kier alpha value is -0.940. The van der Waals surface area contributed by atoms with Gasteiger partial charge in [0.1, 0.15) is 0 Å². The van der Waals surface area contributed by atoms with Crippen LogP contribution in [0, 0.1) is 5.92 Å². The molecule has 1 unspecified atom stereocenters. The van der Waals surface area contributed by atoms with Crippen molar-refractivity contribution in [3.05, 3.63) is 10.4 Å². The van der Waals surface area contributed by atoms with Crippen molar-refractivity contribution in [1.29, 1.82) is 0 Å². The van der Waals surface area contributed by atoms with Gasteiger partial charge in [0.05, 0.1) is 12.6 Å². The predicted molar refractivity (Wildman–Crippen MR) is 40.4 cm³/mol. The highest BCUT2D eigenvalue weighted by atomic mass is 19.4. The monoisotopic (exact) mass is 207 g/mol. The van der Waals surface area contributed by atoms with E-state index < -0.39 is 17.9 Å². The Morgan fingerprint density at radius 3 is 2.57 bits per heavy atom. The number of ether oxygens (including phenoxy) is 1. The van der Waals surface area contributed by atoms with Crippen LogP contribution in [0.4, 0.5) is 13.2 Å². The second-order valence-electron chi connectivity index (χ2n) is 3.73. The molecule has 3 rings (SSSR count). The van der Waals surface area contributed by atoms with E-state index >= 15 is 0 Å². The lowest BCUT2D eigenvalue weighted by atomic mass is 9.72. The molecule has 3 aliphatic rings. The summed E-state index contributed by atoms with van der Waals surface area (Å²) in [5.74, 6) is -0.0953. The average Bonchev–Trinajstić information content (AvgIpc) is 2.51. The summed E-state index contributed by atoms with van der Waals surface area (Å²) in [5, 5.41) is 3.23. The molecule has 0 N–H and O–H groups in total. The molecule has 4 nitrogen and oxygen atoms in total. The summed E-state index contributed by atoms with van der Waals surface area (Å²) in [6, 6.07) is 0. The van der Waals surface area contributed by atoms with Crippen molar-refractivity contribution in [3.8, 4) is 0 Å². The lowest BCUT2D eigenvalue weighted by Gasteiger charge is -2.37. The van der Waals surface area contributed by atoms with Crippen molar-refractivity contribution >= 4 is 0 Å². The van der Waals surface area contributed by atoms with E-state index in [2.05, 4.69) is 10.0 Å². The first-order valence-corrected chi connectivity index (χ1v) is 4.24. The maximum Gasteiger partial charge on any atom is 0.417 e. The highest BCUT2D eigenvalue weighted by molar-refractivity contribution is 5.10. The Kier molecular flexibility index (Phi) is 1.90. The van der Waals surface area contributed by atoms with Crippen molar-refractivity contribution in [3.63, 3.8) is 0 Å². The van der Waals surface area contributed by atoms with Gasteiger partial charge >= 0.3 is 6.18 Å². The molecule has 78 valence electrons. The Bertz CT molecular complexity index is 291. The summed E-state index contributed by atoms with van der Waals surface area (Å²) >= 11 is 0. The lowest BCUT2D eigenvalue weighted by molar-refractivity contribution is -0.275. The van der Waals surface area contributed by atoms with Gasteiger partial charge in [-0.2, -0.15) is 13.2 Å². The Morgan fingerprint density at radius 2 is 2.14 bits per heavy atom. The standard InChI is InChI=1S/C7H8F3N3O/c8-7(9,10)6-1-4(2-6)5(14-6)3-12-13-11/h4-5H,1-3H2. The van der Waals surface area contributed by atoms with Crippen molar-refractivity contribution in [2.45, 2.75) is 30.7 Å². The summed E-state index contributed by atoms with van der Waals surface area (Å²) in [7, 11) is 0. The fourth-order valence-corrected chi connectivity index (χ4v) is 2.13. The summed E-state index contributed by atoms with van der Waals surface area (Å²) in [4.78, 5) is 2.50. The number of hydrogen-bond donors (Lipinski definition) is 0. The molecule has 0 spiro atoms. The number of alkyl halides is 3. The first-order chi connectivity index (χ1) is 6.48. The molecule has 2 bridgehead atoms. The quantitative estimate of drug-likeness (QED) is 0.389. The maximum absolute atomic E-state index is 12.4. The number of azide groups is 1. The van der Waals surface area contributed by atoms with Crippen LogP contribution in [-0.2, 0) is 4.74 Å². The molecule has 0 aromatic rings. The Balaban J connectivity index is 2.03. The van der Waals surface area contributed by atoms with Gasteiger partial charge < -0.3 is 4.74 Å². The normalized spacial score (nSPS) is 40.2. The minimum Gasteiger partial charge on any atom is -0.362 e. The molecule has 2 saturated heterocycles. The zero-order valence-electron chi connectivity index (χ0n) is 7.16. The fourth-order valence-electron chi connectivity index (χ4n) is 2.13. The summed E-state index contributed by atoms with van der Waals surface area (Å²) in [5.41, 5.74) is 6.09. The van der Waals surface area contributed by atoms with Crippen molar-refractivity contribution in [1.82, 2.24) is 0 Å². The molecule has 0 amide bonds. The minimum atomic E-state index is -4.30. The van der Waals surface area contributed by atoms with Crippen LogP contribution in [0.25, 0.3) is 10.4 Å². The van der Waals surface area contributed by atoms with Crippen LogP contribution in [0.5, 0.6) is 0 Å². The van der Waals surface area contributed by atoms with E-state index in [1.165, 1.54) is 0 Å². The highest BCUT2D eigenvalue weighted by Gasteiger charge is 2.70. The van der Waals surface area contributed by atoms with Crippen LogP contribution in [0.1, 0.15) is 12.8 Å². The molecule has 1 aliphatic carbocycles. The van der Waals surface area contributed by atoms with Crippen LogP contribution in [0.15, 0.2) is 5.11 Å². The number of halogens is 3. The van der Waals surface area contributed by atoms with Gasteiger partial charge in [0, 0.05) is 4.91 Å². The molecule has 1 saturated carbocycles. The number of hydrogen-bond acceptors (Lipinski definition) is 2. The van der Waals surface area contributed by atoms with Gasteiger partial charge in [0.25, 0.3) is 0 Å². The van der Waals surface area contributed by atoms with E-state index in [-0.39, 0.29) is 25.3 Å². The van der Waals surface area contributed by atoms with E-state index in [9.17, 15) is 13.2 Å². The van der Waals surface area contributed by atoms with Crippen LogP contribution in [-0.4, -0.2) is 24.4 Å². The second kappa shape index (κ2) is 2.77. The predicted octanol–water partition coefficient (Wildman–Crippen LogP) is 2.41. The molecule has 14 heavy (non-hydrogen) atoms. The van der Waals surface area contributed by atoms with E-state index in [0.717, 1.165) is 0 Å². The van der Waals surface area contributed by atoms with Gasteiger partial charge in [-0.3, -0.25) is 0 Å². The van der Waals surface area contributed by atoms with Crippen molar-refractivity contribution in [2.24, 2.45) is 11.0 Å². The fraction of sp³-hybridized carbons (Fsp3) is 1.00. The Morgan fingerprint density at radius 1 is 1.50 bits per heavy atom. The third-order valence-electron chi connectivity index (χ3n) is 2.93. The van der Waals surface area contributed by atoms with E-state index in [1.807, 2.05) is 0 Å². The second-order valence-corrected chi connectivity index (χ2v) is 3.73. The summed E-state index contributed by atoms with van der Waals surface area (Å²) in [6.45, 7) is -0.000995.